The summed E-state index contributed by atoms with van der Waals surface area (Å²) in [4.78, 5) is 15.1. The van der Waals surface area contributed by atoms with E-state index in [-0.39, 0.29) is 5.91 Å². The molecule has 1 aromatic rings. The first-order valence-electron chi connectivity index (χ1n) is 6.23. The van der Waals surface area contributed by atoms with Crippen molar-refractivity contribution >= 4 is 22.2 Å². The lowest BCUT2D eigenvalue weighted by atomic mass is 9.96. The molecule has 0 saturated carbocycles. The summed E-state index contributed by atoms with van der Waals surface area (Å²) < 4.78 is 0. The van der Waals surface area contributed by atoms with Crippen LogP contribution in [0.1, 0.15) is 46.5 Å². The van der Waals surface area contributed by atoms with E-state index < -0.39 is 0 Å². The quantitative estimate of drug-likeness (QED) is 0.835. The zero-order valence-corrected chi connectivity index (χ0v) is 11.4. The minimum absolute atomic E-state index is 0.0561. The summed E-state index contributed by atoms with van der Waals surface area (Å²) in [5.74, 6) is 0.0561. The predicted octanol–water partition coefficient (Wildman–Crippen LogP) is 2.69. The average molecular weight is 252 g/mol. The number of nitrogen functional groups attached to an aromatic ring is 1. The summed E-state index contributed by atoms with van der Waals surface area (Å²) in [6.45, 7) is 0. The zero-order chi connectivity index (χ0) is 12.4. The lowest BCUT2D eigenvalue weighted by Crippen LogP contribution is -2.23. The molecule has 0 aromatic carbocycles. The van der Waals surface area contributed by atoms with Gasteiger partial charge < -0.3 is 10.6 Å². The first-order valence-corrected chi connectivity index (χ1v) is 7.04. The molecule has 17 heavy (non-hydrogen) atoms. The number of carbonyl (C=O) groups excluding carboxylic acids is 1. The number of aryl methyl sites for hydroxylation is 1. The third kappa shape index (κ3) is 2.46. The van der Waals surface area contributed by atoms with Crippen LogP contribution < -0.4 is 5.73 Å². The Morgan fingerprint density at radius 1 is 1.18 bits per heavy atom. The highest BCUT2D eigenvalue weighted by atomic mass is 32.1. The molecule has 3 nitrogen and oxygen atoms in total. The van der Waals surface area contributed by atoms with Crippen molar-refractivity contribution in [3.05, 3.63) is 16.0 Å². The van der Waals surface area contributed by atoms with Crippen LogP contribution in [0.2, 0.25) is 0 Å². The van der Waals surface area contributed by atoms with E-state index >= 15 is 0 Å². The molecule has 94 valence electrons. The summed E-state index contributed by atoms with van der Waals surface area (Å²) in [6.07, 6.45) is 7.07. The number of amides is 1. The Morgan fingerprint density at radius 2 is 1.82 bits per heavy atom. The highest BCUT2D eigenvalue weighted by Gasteiger charge is 2.23. The Labute approximate surface area is 107 Å². The Hall–Kier alpha value is -1.03. The summed E-state index contributed by atoms with van der Waals surface area (Å²) >= 11 is 1.62. The molecule has 4 heteroatoms. The first-order chi connectivity index (χ1) is 8.11. The van der Waals surface area contributed by atoms with Gasteiger partial charge in [-0.25, -0.2) is 0 Å². The molecule has 1 aliphatic rings. The second-order valence-electron chi connectivity index (χ2n) is 4.86. The van der Waals surface area contributed by atoms with Crippen LogP contribution in [-0.2, 0) is 12.8 Å². The van der Waals surface area contributed by atoms with Crippen molar-refractivity contribution in [2.75, 3.05) is 19.8 Å². The van der Waals surface area contributed by atoms with E-state index in [1.54, 1.807) is 30.3 Å². The monoisotopic (exact) mass is 252 g/mol. The fourth-order valence-corrected chi connectivity index (χ4v) is 3.55. The van der Waals surface area contributed by atoms with E-state index in [1.165, 1.54) is 36.1 Å². The van der Waals surface area contributed by atoms with Gasteiger partial charge in [0.2, 0.25) is 0 Å². The maximum atomic E-state index is 12.1. The van der Waals surface area contributed by atoms with Gasteiger partial charge in [0.15, 0.2) is 0 Å². The third-order valence-electron chi connectivity index (χ3n) is 3.32. The van der Waals surface area contributed by atoms with Gasteiger partial charge in [-0.2, -0.15) is 0 Å². The van der Waals surface area contributed by atoms with Crippen molar-refractivity contribution in [1.82, 2.24) is 4.90 Å². The molecule has 1 heterocycles. The second kappa shape index (κ2) is 5.08. The van der Waals surface area contributed by atoms with Crippen LogP contribution in [0.4, 0.5) is 5.00 Å². The lowest BCUT2D eigenvalue weighted by molar-refractivity contribution is 0.0828. The van der Waals surface area contributed by atoms with Crippen LogP contribution in [0.3, 0.4) is 0 Å². The number of nitrogens with zero attached hydrogens (tertiary/aromatic N) is 1. The molecule has 0 bridgehead atoms. The Balaban J connectivity index is 2.41. The van der Waals surface area contributed by atoms with Crippen LogP contribution in [0, 0.1) is 0 Å². The molecule has 0 unspecified atom stereocenters. The highest BCUT2D eigenvalue weighted by molar-refractivity contribution is 7.16. The van der Waals surface area contributed by atoms with E-state index in [9.17, 15) is 4.79 Å². The largest absolute Gasteiger partial charge is 0.390 e. The number of hydrogen-bond donors (Lipinski definition) is 1. The first kappa shape index (κ1) is 12.4. The van der Waals surface area contributed by atoms with Crippen LogP contribution >= 0.6 is 11.3 Å². The zero-order valence-electron chi connectivity index (χ0n) is 10.6. The second-order valence-corrected chi connectivity index (χ2v) is 5.99. The molecule has 0 atom stereocenters. The lowest BCUT2D eigenvalue weighted by Gasteiger charge is -2.14. The fraction of sp³-hybridized carbons (Fsp3) is 0.615. The van der Waals surface area contributed by atoms with Crippen molar-refractivity contribution in [1.29, 1.82) is 0 Å². The summed E-state index contributed by atoms with van der Waals surface area (Å²) in [6, 6.07) is 0. The third-order valence-corrected chi connectivity index (χ3v) is 4.44. The number of rotatable bonds is 1. The van der Waals surface area contributed by atoms with Crippen LogP contribution in [0.25, 0.3) is 0 Å². The molecule has 0 spiro atoms. The average Bonchev–Trinajstić information content (AvgIpc) is 2.53. The summed E-state index contributed by atoms with van der Waals surface area (Å²) in [5.41, 5.74) is 8.04. The molecular weight excluding hydrogens is 232 g/mol. The maximum absolute atomic E-state index is 12.1. The number of nitrogens with two attached hydrogens (primary N) is 1. The van der Waals surface area contributed by atoms with Gasteiger partial charge in [0.1, 0.15) is 0 Å². The molecule has 2 N–H and O–H groups in total. The van der Waals surface area contributed by atoms with E-state index in [1.807, 2.05) is 0 Å². The van der Waals surface area contributed by atoms with Gasteiger partial charge in [0.05, 0.1) is 10.6 Å². The maximum Gasteiger partial charge on any atom is 0.256 e. The van der Waals surface area contributed by atoms with Gasteiger partial charge in [0, 0.05) is 19.0 Å². The van der Waals surface area contributed by atoms with Gasteiger partial charge >= 0.3 is 0 Å². The van der Waals surface area contributed by atoms with Crippen molar-refractivity contribution < 1.29 is 4.79 Å². The van der Waals surface area contributed by atoms with Gasteiger partial charge in [-0.15, -0.1) is 11.3 Å². The summed E-state index contributed by atoms with van der Waals surface area (Å²) in [5, 5.41) is 0.704. The van der Waals surface area contributed by atoms with Crippen molar-refractivity contribution in [3.8, 4) is 0 Å². The smallest absolute Gasteiger partial charge is 0.256 e. The highest BCUT2D eigenvalue weighted by Crippen LogP contribution is 2.35. The molecule has 2 rings (SSSR count). The molecule has 0 radical (unpaired) electrons. The fourth-order valence-electron chi connectivity index (χ4n) is 2.40. The molecule has 0 fully saturated rings. The Morgan fingerprint density at radius 3 is 2.47 bits per heavy atom. The van der Waals surface area contributed by atoms with Gasteiger partial charge in [0.25, 0.3) is 5.91 Å². The Bertz CT molecular complexity index is 423. The van der Waals surface area contributed by atoms with Crippen molar-refractivity contribution in [2.45, 2.75) is 38.5 Å². The number of anilines is 1. The van der Waals surface area contributed by atoms with Crippen molar-refractivity contribution in [3.63, 3.8) is 0 Å². The molecule has 1 aromatic heterocycles. The Kier molecular flexibility index (Phi) is 3.72. The summed E-state index contributed by atoms with van der Waals surface area (Å²) in [7, 11) is 3.57. The van der Waals surface area contributed by atoms with Gasteiger partial charge in [-0.1, -0.05) is 12.8 Å². The molecule has 1 amide bonds. The van der Waals surface area contributed by atoms with E-state index in [2.05, 4.69) is 0 Å². The minimum Gasteiger partial charge on any atom is -0.390 e. The van der Waals surface area contributed by atoms with Gasteiger partial charge in [-0.05, 0) is 31.2 Å². The molecular formula is C13H20N2OS. The number of carbonyl (C=O) groups is 1. The van der Waals surface area contributed by atoms with E-state index in [0.717, 1.165) is 18.4 Å². The standard InChI is InChI=1S/C13H20N2OS/c1-15(2)13(16)11-9-7-5-3-4-6-8-10(9)17-12(11)14/h3-8,14H2,1-2H3. The minimum atomic E-state index is 0.0561. The number of hydrogen-bond acceptors (Lipinski definition) is 3. The van der Waals surface area contributed by atoms with Crippen LogP contribution in [0.15, 0.2) is 0 Å². The number of thiophene rings is 1. The molecule has 0 aliphatic heterocycles. The number of fused-ring (bicyclic) bond motifs is 1. The van der Waals surface area contributed by atoms with Gasteiger partial charge in [-0.3, -0.25) is 4.79 Å². The SMILES string of the molecule is CN(C)C(=O)c1c(N)sc2c1CCCCCC2. The van der Waals surface area contributed by atoms with E-state index in [0.29, 0.717) is 5.00 Å². The molecule has 1 aliphatic carbocycles. The van der Waals surface area contributed by atoms with E-state index in [4.69, 9.17) is 5.73 Å². The van der Waals surface area contributed by atoms with Crippen molar-refractivity contribution in [2.24, 2.45) is 0 Å². The normalized spacial score (nSPS) is 15.9. The predicted molar refractivity (Wildman–Crippen MR) is 72.6 cm³/mol. The topological polar surface area (TPSA) is 46.3 Å². The molecule has 0 saturated heterocycles. The van der Waals surface area contributed by atoms with Crippen LogP contribution in [0.5, 0.6) is 0 Å². The van der Waals surface area contributed by atoms with Crippen LogP contribution in [-0.4, -0.2) is 24.9 Å².